The van der Waals surface area contributed by atoms with E-state index in [0.717, 1.165) is 14.7 Å². The minimum atomic E-state index is -0.246. The average Bonchev–Trinajstić information content (AvgIpc) is 2.41. The largest absolute Gasteiger partial charge is 0.334 e. The van der Waals surface area contributed by atoms with Crippen molar-refractivity contribution in [3.63, 3.8) is 0 Å². The number of hydrogen-bond donors (Lipinski definition) is 2. The highest BCUT2D eigenvalue weighted by Crippen LogP contribution is 2.19. The minimum absolute atomic E-state index is 0.246. The standard InChI is InChI=1S/C15H14ClIN2O/c1-10-5-6-13(8-14(10)16)19-15(20)18-9-11-3-2-4-12(17)7-11/h2-8H,9H2,1H3,(H2,18,19,20). The van der Waals surface area contributed by atoms with Crippen LogP contribution in [0.1, 0.15) is 11.1 Å². The number of urea groups is 1. The summed E-state index contributed by atoms with van der Waals surface area (Å²) in [7, 11) is 0. The lowest BCUT2D eigenvalue weighted by Gasteiger charge is -2.09. The van der Waals surface area contributed by atoms with Crippen LogP contribution in [0.5, 0.6) is 0 Å². The van der Waals surface area contributed by atoms with Crippen LogP contribution < -0.4 is 10.6 Å². The molecular formula is C15H14ClIN2O. The molecule has 0 aromatic heterocycles. The predicted octanol–water partition coefficient (Wildman–Crippen LogP) is 4.57. The summed E-state index contributed by atoms with van der Waals surface area (Å²) in [5.41, 5.74) is 2.73. The summed E-state index contributed by atoms with van der Waals surface area (Å²) in [5, 5.41) is 6.21. The Balaban J connectivity index is 1.91. The topological polar surface area (TPSA) is 41.1 Å². The van der Waals surface area contributed by atoms with Crippen LogP contribution in [0.4, 0.5) is 10.5 Å². The Kier molecular flexibility index (Phi) is 5.25. The van der Waals surface area contributed by atoms with E-state index in [1.54, 1.807) is 6.07 Å². The van der Waals surface area contributed by atoms with E-state index >= 15 is 0 Å². The quantitative estimate of drug-likeness (QED) is 0.728. The number of anilines is 1. The third kappa shape index (κ3) is 4.38. The SMILES string of the molecule is Cc1ccc(NC(=O)NCc2cccc(I)c2)cc1Cl. The first kappa shape index (κ1) is 15.1. The van der Waals surface area contributed by atoms with E-state index in [1.165, 1.54) is 0 Å². The van der Waals surface area contributed by atoms with Crippen LogP contribution in [0.2, 0.25) is 5.02 Å². The van der Waals surface area contributed by atoms with Crippen molar-refractivity contribution in [2.24, 2.45) is 0 Å². The van der Waals surface area contributed by atoms with E-state index < -0.39 is 0 Å². The molecule has 2 aromatic rings. The van der Waals surface area contributed by atoms with Crippen LogP contribution in [0.3, 0.4) is 0 Å². The summed E-state index contributed by atoms with van der Waals surface area (Å²) in [6.07, 6.45) is 0. The van der Waals surface area contributed by atoms with Gasteiger partial charge in [-0.2, -0.15) is 0 Å². The van der Waals surface area contributed by atoms with Crippen molar-refractivity contribution in [3.05, 3.63) is 62.2 Å². The second-order valence-electron chi connectivity index (χ2n) is 4.40. The van der Waals surface area contributed by atoms with Gasteiger partial charge in [0.25, 0.3) is 0 Å². The molecule has 2 amide bonds. The van der Waals surface area contributed by atoms with E-state index in [1.807, 2.05) is 43.3 Å². The zero-order chi connectivity index (χ0) is 14.5. The molecule has 0 fully saturated rings. The molecule has 0 saturated carbocycles. The lowest BCUT2D eigenvalue weighted by molar-refractivity contribution is 0.251. The molecule has 0 atom stereocenters. The molecule has 0 aliphatic carbocycles. The first-order valence-electron chi connectivity index (χ1n) is 6.10. The zero-order valence-electron chi connectivity index (χ0n) is 10.9. The van der Waals surface area contributed by atoms with Crippen LogP contribution in [-0.2, 0) is 6.54 Å². The van der Waals surface area contributed by atoms with Gasteiger partial charge in [-0.05, 0) is 64.9 Å². The number of carbonyl (C=O) groups is 1. The molecular weight excluding hydrogens is 387 g/mol. The maximum Gasteiger partial charge on any atom is 0.319 e. The van der Waals surface area contributed by atoms with E-state index in [0.29, 0.717) is 17.3 Å². The molecule has 5 heteroatoms. The summed E-state index contributed by atoms with van der Waals surface area (Å²) in [6.45, 7) is 2.41. The van der Waals surface area contributed by atoms with E-state index in [2.05, 4.69) is 33.2 Å². The Morgan fingerprint density at radius 1 is 1.25 bits per heavy atom. The molecule has 0 heterocycles. The van der Waals surface area contributed by atoms with Gasteiger partial charge in [0.2, 0.25) is 0 Å². The maximum atomic E-state index is 11.8. The van der Waals surface area contributed by atoms with Gasteiger partial charge in [0.15, 0.2) is 0 Å². The Labute approximate surface area is 136 Å². The van der Waals surface area contributed by atoms with Crippen LogP contribution >= 0.6 is 34.2 Å². The summed E-state index contributed by atoms with van der Waals surface area (Å²) in [6, 6.07) is 13.2. The second kappa shape index (κ2) is 6.95. The Hall–Kier alpha value is -1.27. The van der Waals surface area contributed by atoms with Crippen molar-refractivity contribution in [3.8, 4) is 0 Å². The number of carbonyl (C=O) groups excluding carboxylic acids is 1. The number of hydrogen-bond acceptors (Lipinski definition) is 1. The van der Waals surface area contributed by atoms with Crippen molar-refractivity contribution in [2.45, 2.75) is 13.5 Å². The molecule has 0 spiro atoms. The summed E-state index contributed by atoms with van der Waals surface area (Å²) < 4.78 is 1.15. The zero-order valence-corrected chi connectivity index (χ0v) is 13.8. The molecule has 3 nitrogen and oxygen atoms in total. The molecule has 0 saturated heterocycles. The molecule has 0 aliphatic heterocycles. The number of amides is 2. The summed E-state index contributed by atoms with van der Waals surface area (Å²) in [5.74, 6) is 0. The average molecular weight is 401 g/mol. The fourth-order valence-corrected chi connectivity index (χ4v) is 2.46. The summed E-state index contributed by atoms with van der Waals surface area (Å²) in [4.78, 5) is 11.8. The molecule has 0 aliphatic rings. The molecule has 2 rings (SSSR count). The van der Waals surface area contributed by atoms with Crippen molar-refractivity contribution in [2.75, 3.05) is 5.32 Å². The highest BCUT2D eigenvalue weighted by Gasteiger charge is 2.03. The number of benzene rings is 2. The fraction of sp³-hybridized carbons (Fsp3) is 0.133. The summed E-state index contributed by atoms with van der Waals surface area (Å²) >= 11 is 8.26. The van der Waals surface area contributed by atoms with Gasteiger partial charge in [0.05, 0.1) is 0 Å². The van der Waals surface area contributed by atoms with Gasteiger partial charge in [0.1, 0.15) is 0 Å². The third-order valence-electron chi connectivity index (χ3n) is 2.77. The van der Waals surface area contributed by atoms with Gasteiger partial charge in [-0.1, -0.05) is 29.8 Å². The Bertz CT molecular complexity index is 631. The van der Waals surface area contributed by atoms with Crippen molar-refractivity contribution in [1.82, 2.24) is 5.32 Å². The number of aryl methyl sites for hydroxylation is 1. The number of rotatable bonds is 3. The lowest BCUT2D eigenvalue weighted by atomic mass is 10.2. The van der Waals surface area contributed by atoms with E-state index in [-0.39, 0.29) is 6.03 Å². The van der Waals surface area contributed by atoms with Crippen LogP contribution in [0.15, 0.2) is 42.5 Å². The van der Waals surface area contributed by atoms with Crippen molar-refractivity contribution in [1.29, 1.82) is 0 Å². The smallest absolute Gasteiger partial charge is 0.319 e. The minimum Gasteiger partial charge on any atom is -0.334 e. The van der Waals surface area contributed by atoms with Gasteiger partial charge in [-0.3, -0.25) is 0 Å². The molecule has 0 radical (unpaired) electrons. The molecule has 0 unspecified atom stereocenters. The molecule has 20 heavy (non-hydrogen) atoms. The van der Waals surface area contributed by atoms with Gasteiger partial charge in [0, 0.05) is 20.8 Å². The van der Waals surface area contributed by atoms with Gasteiger partial charge >= 0.3 is 6.03 Å². The molecule has 104 valence electrons. The third-order valence-corrected chi connectivity index (χ3v) is 3.85. The predicted molar refractivity (Wildman–Crippen MR) is 91.2 cm³/mol. The molecule has 2 aromatic carbocycles. The monoisotopic (exact) mass is 400 g/mol. The van der Waals surface area contributed by atoms with E-state index in [9.17, 15) is 4.79 Å². The van der Waals surface area contributed by atoms with Crippen LogP contribution in [0.25, 0.3) is 0 Å². The molecule has 0 bridgehead atoms. The highest BCUT2D eigenvalue weighted by atomic mass is 127. The second-order valence-corrected chi connectivity index (χ2v) is 6.05. The Morgan fingerprint density at radius 2 is 2.05 bits per heavy atom. The lowest BCUT2D eigenvalue weighted by Crippen LogP contribution is -2.28. The normalized spacial score (nSPS) is 10.2. The van der Waals surface area contributed by atoms with E-state index in [4.69, 9.17) is 11.6 Å². The first-order chi connectivity index (χ1) is 9.54. The molecule has 2 N–H and O–H groups in total. The first-order valence-corrected chi connectivity index (χ1v) is 7.56. The number of halogens is 2. The van der Waals surface area contributed by atoms with Crippen LogP contribution in [0, 0.1) is 10.5 Å². The van der Waals surface area contributed by atoms with Crippen LogP contribution in [-0.4, -0.2) is 6.03 Å². The fourth-order valence-electron chi connectivity index (χ4n) is 1.68. The maximum absolute atomic E-state index is 11.8. The van der Waals surface area contributed by atoms with Crippen molar-refractivity contribution >= 4 is 45.9 Å². The Morgan fingerprint density at radius 3 is 2.75 bits per heavy atom. The highest BCUT2D eigenvalue weighted by molar-refractivity contribution is 14.1. The van der Waals surface area contributed by atoms with Crippen molar-refractivity contribution < 1.29 is 4.79 Å². The van der Waals surface area contributed by atoms with Gasteiger partial charge in [-0.15, -0.1) is 0 Å². The van der Waals surface area contributed by atoms with Gasteiger partial charge in [-0.25, -0.2) is 4.79 Å². The van der Waals surface area contributed by atoms with Gasteiger partial charge < -0.3 is 10.6 Å². The number of nitrogens with one attached hydrogen (secondary N) is 2.